The molecular formula is C25H26FN3O2S. The third-order valence-electron chi connectivity index (χ3n) is 5.46. The minimum absolute atomic E-state index is 0.241. The molecule has 166 valence electrons. The van der Waals surface area contributed by atoms with E-state index in [1.54, 1.807) is 45.2 Å². The molecule has 1 N–H and O–H groups in total. The van der Waals surface area contributed by atoms with Crippen LogP contribution in [0.4, 0.5) is 10.2 Å². The highest BCUT2D eigenvalue weighted by Gasteiger charge is 2.29. The Bertz CT molecular complexity index is 1370. The number of benzene rings is 2. The van der Waals surface area contributed by atoms with Crippen molar-refractivity contribution >= 4 is 26.7 Å². The lowest BCUT2D eigenvalue weighted by atomic mass is 10.1. The van der Waals surface area contributed by atoms with E-state index in [9.17, 15) is 12.8 Å². The van der Waals surface area contributed by atoms with Gasteiger partial charge in [-0.25, -0.2) is 17.8 Å². The van der Waals surface area contributed by atoms with Crippen LogP contribution in [-0.4, -0.2) is 22.7 Å². The van der Waals surface area contributed by atoms with Gasteiger partial charge < -0.3 is 4.57 Å². The Hall–Kier alpha value is -3.19. The van der Waals surface area contributed by atoms with E-state index < -0.39 is 14.8 Å². The maximum atomic E-state index is 14.9. The first-order chi connectivity index (χ1) is 15.1. The lowest BCUT2D eigenvalue weighted by Crippen LogP contribution is -2.33. The Kier molecular flexibility index (Phi) is 5.54. The van der Waals surface area contributed by atoms with Crippen LogP contribution in [0.25, 0.3) is 27.8 Å². The fraction of sp³-hybridized carbons (Fsp3) is 0.240. The van der Waals surface area contributed by atoms with Crippen molar-refractivity contribution in [3.8, 4) is 16.9 Å². The van der Waals surface area contributed by atoms with Crippen molar-refractivity contribution in [2.75, 3.05) is 4.72 Å². The van der Waals surface area contributed by atoms with Gasteiger partial charge in [0.25, 0.3) is 0 Å². The van der Waals surface area contributed by atoms with Crippen LogP contribution in [0.1, 0.15) is 33.3 Å². The molecule has 0 atom stereocenters. The average molecular weight is 452 g/mol. The summed E-state index contributed by atoms with van der Waals surface area (Å²) in [6.07, 6.45) is 2.33. The van der Waals surface area contributed by atoms with E-state index in [1.165, 1.54) is 0 Å². The summed E-state index contributed by atoms with van der Waals surface area (Å²) in [7, 11) is -3.58. The second-order valence-electron chi connectivity index (χ2n) is 8.71. The van der Waals surface area contributed by atoms with Gasteiger partial charge in [0.1, 0.15) is 11.6 Å². The number of aromatic nitrogens is 2. The van der Waals surface area contributed by atoms with E-state index in [2.05, 4.69) is 9.71 Å². The van der Waals surface area contributed by atoms with Gasteiger partial charge in [0.15, 0.2) is 0 Å². The van der Waals surface area contributed by atoms with E-state index in [0.29, 0.717) is 5.39 Å². The van der Waals surface area contributed by atoms with Gasteiger partial charge in [-0.3, -0.25) is 4.72 Å². The molecule has 0 aliphatic heterocycles. The first-order valence-electron chi connectivity index (χ1n) is 10.5. The van der Waals surface area contributed by atoms with Crippen molar-refractivity contribution in [1.29, 1.82) is 0 Å². The van der Waals surface area contributed by atoms with Gasteiger partial charge in [0.2, 0.25) is 10.0 Å². The Morgan fingerprint density at radius 2 is 1.75 bits per heavy atom. The van der Waals surface area contributed by atoms with Gasteiger partial charge in [0, 0.05) is 22.8 Å². The summed E-state index contributed by atoms with van der Waals surface area (Å²) in [6.45, 7) is 6.88. The molecule has 0 aliphatic rings. The Morgan fingerprint density at radius 1 is 1.03 bits per heavy atom. The lowest BCUT2D eigenvalue weighted by molar-refractivity contribution is 0.566. The molecule has 0 bridgehead atoms. The van der Waals surface area contributed by atoms with Crippen LogP contribution in [0.2, 0.25) is 0 Å². The lowest BCUT2D eigenvalue weighted by Gasteiger charge is -2.20. The molecule has 4 aromatic rings. The fourth-order valence-corrected chi connectivity index (χ4v) is 4.19. The van der Waals surface area contributed by atoms with Gasteiger partial charge >= 0.3 is 0 Å². The van der Waals surface area contributed by atoms with Gasteiger partial charge in [0.05, 0.1) is 16.0 Å². The number of fused-ring (bicyclic) bond motifs is 1. The average Bonchev–Trinajstić information content (AvgIpc) is 3.14. The Morgan fingerprint density at radius 3 is 2.34 bits per heavy atom. The summed E-state index contributed by atoms with van der Waals surface area (Å²) in [6, 6.07) is 18.6. The maximum absolute atomic E-state index is 14.9. The van der Waals surface area contributed by atoms with E-state index in [1.807, 2.05) is 54.0 Å². The quantitative estimate of drug-likeness (QED) is 0.409. The summed E-state index contributed by atoms with van der Waals surface area (Å²) < 4.78 is 43.4. The molecule has 2 heterocycles. The topological polar surface area (TPSA) is 64.0 Å². The predicted octanol–water partition coefficient (Wildman–Crippen LogP) is 5.93. The van der Waals surface area contributed by atoms with Gasteiger partial charge in [-0.15, -0.1) is 0 Å². The molecule has 0 unspecified atom stereocenters. The molecule has 0 saturated heterocycles. The van der Waals surface area contributed by atoms with Crippen LogP contribution in [-0.2, 0) is 16.4 Å². The molecule has 0 fully saturated rings. The second-order valence-corrected chi connectivity index (χ2v) is 11.2. The fourth-order valence-electron chi connectivity index (χ4n) is 3.49. The summed E-state index contributed by atoms with van der Waals surface area (Å²) in [5.74, 6) is -0.0247. The highest BCUT2D eigenvalue weighted by atomic mass is 32.2. The van der Waals surface area contributed by atoms with Crippen molar-refractivity contribution in [3.05, 3.63) is 78.2 Å². The maximum Gasteiger partial charge on any atom is 0.238 e. The van der Waals surface area contributed by atoms with Crippen molar-refractivity contribution in [2.45, 2.75) is 38.9 Å². The molecule has 0 amide bonds. The molecule has 0 saturated carbocycles. The standard InChI is InChI=1S/C25H26FN3O2S/c1-5-17-13-21(26)20-15-22(29(23(20)14-17)19-9-7-6-8-10-19)18-11-12-24(27-16-18)28-32(30,31)25(2,3)4/h6-16H,5H2,1-4H3,(H,27,28). The number of rotatable bonds is 5. The number of anilines is 1. The minimum atomic E-state index is -3.58. The van der Waals surface area contributed by atoms with Crippen molar-refractivity contribution in [1.82, 2.24) is 9.55 Å². The summed E-state index contributed by atoms with van der Waals surface area (Å²) >= 11 is 0. The molecule has 5 nitrogen and oxygen atoms in total. The van der Waals surface area contributed by atoms with Crippen LogP contribution in [0, 0.1) is 5.82 Å². The van der Waals surface area contributed by atoms with Crippen molar-refractivity contribution in [3.63, 3.8) is 0 Å². The van der Waals surface area contributed by atoms with Crippen LogP contribution < -0.4 is 4.72 Å². The molecule has 2 aromatic carbocycles. The van der Waals surface area contributed by atoms with E-state index in [0.717, 1.165) is 34.4 Å². The zero-order valence-electron chi connectivity index (χ0n) is 18.6. The number of hydrogen-bond acceptors (Lipinski definition) is 3. The summed E-state index contributed by atoms with van der Waals surface area (Å²) in [5, 5.41) is 0.526. The SMILES string of the molecule is CCc1cc(F)c2cc(-c3ccc(NS(=O)(=O)C(C)(C)C)nc3)n(-c3ccccc3)c2c1. The normalized spacial score (nSPS) is 12.3. The highest BCUT2D eigenvalue weighted by Crippen LogP contribution is 2.34. The number of aryl methyl sites for hydroxylation is 1. The Labute approximate surface area is 188 Å². The smallest absolute Gasteiger partial charge is 0.238 e. The number of para-hydroxylation sites is 1. The van der Waals surface area contributed by atoms with E-state index >= 15 is 0 Å². The number of nitrogens with zero attached hydrogens (tertiary/aromatic N) is 2. The van der Waals surface area contributed by atoms with Gasteiger partial charge in [-0.05, 0) is 75.2 Å². The zero-order valence-corrected chi connectivity index (χ0v) is 19.4. The number of nitrogens with one attached hydrogen (secondary N) is 1. The molecule has 4 rings (SSSR count). The largest absolute Gasteiger partial charge is 0.309 e. The molecular weight excluding hydrogens is 425 g/mol. The summed E-state index contributed by atoms with van der Waals surface area (Å²) in [4.78, 5) is 4.32. The molecule has 0 radical (unpaired) electrons. The highest BCUT2D eigenvalue weighted by molar-refractivity contribution is 7.94. The third kappa shape index (κ3) is 4.00. The molecule has 0 aliphatic carbocycles. The van der Waals surface area contributed by atoms with Crippen molar-refractivity contribution in [2.24, 2.45) is 0 Å². The first kappa shape index (κ1) is 22.0. The minimum Gasteiger partial charge on any atom is -0.309 e. The molecule has 2 aromatic heterocycles. The summed E-state index contributed by atoms with van der Waals surface area (Å²) in [5.41, 5.74) is 4.13. The first-order valence-corrected chi connectivity index (χ1v) is 12.0. The molecule has 0 spiro atoms. The predicted molar refractivity (Wildman–Crippen MR) is 128 cm³/mol. The monoisotopic (exact) mass is 451 g/mol. The number of sulfonamides is 1. The number of hydrogen-bond donors (Lipinski definition) is 1. The molecule has 7 heteroatoms. The van der Waals surface area contributed by atoms with Crippen LogP contribution in [0.15, 0.2) is 66.9 Å². The third-order valence-corrected chi connectivity index (χ3v) is 7.55. The Balaban J connectivity index is 1.85. The van der Waals surface area contributed by atoms with Crippen LogP contribution in [0.3, 0.4) is 0 Å². The van der Waals surface area contributed by atoms with Crippen molar-refractivity contribution < 1.29 is 12.8 Å². The van der Waals surface area contributed by atoms with E-state index in [4.69, 9.17) is 0 Å². The number of pyridine rings is 1. The second kappa shape index (κ2) is 8.06. The zero-order chi connectivity index (χ0) is 23.1. The van der Waals surface area contributed by atoms with E-state index in [-0.39, 0.29) is 11.6 Å². The van der Waals surface area contributed by atoms with Crippen LogP contribution in [0.5, 0.6) is 0 Å². The molecule has 32 heavy (non-hydrogen) atoms. The van der Waals surface area contributed by atoms with Crippen LogP contribution >= 0.6 is 0 Å². The van der Waals surface area contributed by atoms with Gasteiger partial charge in [-0.2, -0.15) is 0 Å². The number of halogens is 1. The van der Waals surface area contributed by atoms with Gasteiger partial charge in [-0.1, -0.05) is 25.1 Å².